The van der Waals surface area contributed by atoms with Crippen molar-refractivity contribution in [3.8, 4) is 11.8 Å². The van der Waals surface area contributed by atoms with Crippen molar-refractivity contribution >= 4 is 28.5 Å². The molecule has 132 valence electrons. The highest BCUT2D eigenvalue weighted by Gasteiger charge is 2.27. The monoisotopic (exact) mass is 356 g/mol. The normalized spacial score (nSPS) is 14.1. The van der Waals surface area contributed by atoms with Crippen LogP contribution in [-0.4, -0.2) is 22.7 Å². The second-order valence-electron chi connectivity index (χ2n) is 6.33. The van der Waals surface area contributed by atoms with Gasteiger partial charge in [-0.15, -0.1) is 0 Å². The number of pyridine rings is 1. The first-order chi connectivity index (χ1) is 13.2. The summed E-state index contributed by atoms with van der Waals surface area (Å²) in [5.74, 6) is -0.270. The maximum atomic E-state index is 12.6. The molecule has 0 aliphatic heterocycles. The molecule has 0 amide bonds. The van der Waals surface area contributed by atoms with E-state index in [1.807, 2.05) is 48.5 Å². The maximum absolute atomic E-state index is 12.6. The number of allylic oxidation sites excluding steroid dienone is 1. The number of carbonyl (C=O) groups is 1. The van der Waals surface area contributed by atoms with Gasteiger partial charge in [0.25, 0.3) is 0 Å². The predicted molar refractivity (Wildman–Crippen MR) is 102 cm³/mol. The zero-order valence-corrected chi connectivity index (χ0v) is 14.5. The first-order valence-corrected chi connectivity index (χ1v) is 8.63. The van der Waals surface area contributed by atoms with Crippen molar-refractivity contribution in [2.24, 2.45) is 0 Å². The van der Waals surface area contributed by atoms with Crippen LogP contribution in [0.1, 0.15) is 33.6 Å². The lowest BCUT2D eigenvalue weighted by Gasteiger charge is -2.11. The summed E-state index contributed by atoms with van der Waals surface area (Å²) < 4.78 is 5.10. The molecule has 1 aliphatic carbocycles. The SMILES string of the molecule is N#CCOC(=O)c1c2c(nc3ccccc13)/C(=C\c1ccc(O)cc1)CC2. The quantitative estimate of drug-likeness (QED) is 0.714. The van der Waals surface area contributed by atoms with E-state index in [0.717, 1.165) is 39.7 Å². The van der Waals surface area contributed by atoms with E-state index >= 15 is 0 Å². The molecule has 5 nitrogen and oxygen atoms in total. The van der Waals surface area contributed by atoms with Gasteiger partial charge in [0.2, 0.25) is 0 Å². The van der Waals surface area contributed by atoms with Crippen LogP contribution in [-0.2, 0) is 11.2 Å². The van der Waals surface area contributed by atoms with Gasteiger partial charge in [0.1, 0.15) is 11.8 Å². The van der Waals surface area contributed by atoms with Gasteiger partial charge in [-0.1, -0.05) is 30.3 Å². The molecule has 4 rings (SSSR count). The second kappa shape index (κ2) is 6.93. The third-order valence-electron chi connectivity index (χ3n) is 4.65. The zero-order valence-electron chi connectivity index (χ0n) is 14.5. The molecular weight excluding hydrogens is 340 g/mol. The summed E-state index contributed by atoms with van der Waals surface area (Å²) in [7, 11) is 0. The molecule has 0 saturated heterocycles. The number of aromatic hydroxyl groups is 1. The van der Waals surface area contributed by atoms with E-state index in [1.54, 1.807) is 12.1 Å². The number of hydrogen-bond acceptors (Lipinski definition) is 5. The molecule has 5 heteroatoms. The molecule has 2 aromatic carbocycles. The summed E-state index contributed by atoms with van der Waals surface area (Å²) in [4.78, 5) is 17.4. The van der Waals surface area contributed by atoms with Crippen LogP contribution in [0.2, 0.25) is 0 Å². The number of fused-ring (bicyclic) bond motifs is 2. The minimum atomic E-state index is -0.489. The third kappa shape index (κ3) is 3.13. The number of rotatable bonds is 3. The van der Waals surface area contributed by atoms with Crippen molar-refractivity contribution in [1.29, 1.82) is 5.26 Å². The largest absolute Gasteiger partial charge is 0.508 e. The van der Waals surface area contributed by atoms with Gasteiger partial charge >= 0.3 is 5.97 Å². The number of hydrogen-bond donors (Lipinski definition) is 1. The molecule has 1 N–H and O–H groups in total. The topological polar surface area (TPSA) is 83.2 Å². The summed E-state index contributed by atoms with van der Waals surface area (Å²) >= 11 is 0. The lowest BCUT2D eigenvalue weighted by atomic mass is 10.0. The molecule has 0 unspecified atom stereocenters. The van der Waals surface area contributed by atoms with E-state index in [-0.39, 0.29) is 12.4 Å². The smallest absolute Gasteiger partial charge is 0.340 e. The molecule has 0 bridgehead atoms. The van der Waals surface area contributed by atoms with Gasteiger partial charge < -0.3 is 9.84 Å². The molecule has 1 aromatic heterocycles. The van der Waals surface area contributed by atoms with Gasteiger partial charge in [-0.2, -0.15) is 5.26 Å². The Morgan fingerprint density at radius 3 is 2.74 bits per heavy atom. The summed E-state index contributed by atoms with van der Waals surface area (Å²) in [5, 5.41) is 18.9. The number of para-hydroxylation sites is 1. The molecule has 0 atom stereocenters. The van der Waals surface area contributed by atoms with Gasteiger partial charge in [0.05, 0.1) is 16.8 Å². The van der Waals surface area contributed by atoms with Crippen molar-refractivity contribution in [2.75, 3.05) is 6.61 Å². The lowest BCUT2D eigenvalue weighted by molar-refractivity contribution is 0.0556. The zero-order chi connectivity index (χ0) is 18.8. The maximum Gasteiger partial charge on any atom is 0.340 e. The van der Waals surface area contributed by atoms with E-state index in [0.29, 0.717) is 12.0 Å². The van der Waals surface area contributed by atoms with E-state index < -0.39 is 5.97 Å². The van der Waals surface area contributed by atoms with Crippen molar-refractivity contribution in [2.45, 2.75) is 12.8 Å². The molecule has 0 saturated carbocycles. The first kappa shape index (κ1) is 16.8. The summed E-state index contributed by atoms with van der Waals surface area (Å²) in [6.45, 7) is -0.277. The van der Waals surface area contributed by atoms with Crippen molar-refractivity contribution in [1.82, 2.24) is 4.98 Å². The Bertz CT molecular complexity index is 1110. The molecule has 0 spiro atoms. The van der Waals surface area contributed by atoms with Crippen LogP contribution in [0.3, 0.4) is 0 Å². The number of phenolic OH excluding ortho intramolecular Hbond substituents is 1. The van der Waals surface area contributed by atoms with Crippen LogP contribution in [0.4, 0.5) is 0 Å². The van der Waals surface area contributed by atoms with E-state index in [4.69, 9.17) is 15.0 Å². The van der Waals surface area contributed by atoms with Gasteiger partial charge in [-0.3, -0.25) is 0 Å². The van der Waals surface area contributed by atoms with Gasteiger partial charge in [-0.05, 0) is 53.8 Å². The van der Waals surface area contributed by atoms with E-state index in [2.05, 4.69) is 0 Å². The minimum absolute atomic E-state index is 0.218. The Hall–Kier alpha value is -3.65. The Morgan fingerprint density at radius 1 is 1.19 bits per heavy atom. The van der Waals surface area contributed by atoms with Crippen LogP contribution in [0.25, 0.3) is 22.6 Å². The number of benzene rings is 2. The lowest BCUT2D eigenvalue weighted by Crippen LogP contribution is -2.10. The number of esters is 1. The number of ether oxygens (including phenoxy) is 1. The average Bonchev–Trinajstić information content (AvgIpc) is 3.08. The molecule has 1 aliphatic rings. The van der Waals surface area contributed by atoms with E-state index in [1.165, 1.54) is 0 Å². The molecule has 0 radical (unpaired) electrons. The summed E-state index contributed by atoms with van der Waals surface area (Å²) in [5.41, 5.74) is 4.88. The molecule has 27 heavy (non-hydrogen) atoms. The average molecular weight is 356 g/mol. The van der Waals surface area contributed by atoms with Crippen LogP contribution >= 0.6 is 0 Å². The van der Waals surface area contributed by atoms with Crippen LogP contribution in [0.15, 0.2) is 48.5 Å². The number of phenols is 1. The highest BCUT2D eigenvalue weighted by atomic mass is 16.5. The molecule has 1 heterocycles. The Balaban J connectivity index is 1.86. The number of nitrogens with zero attached hydrogens (tertiary/aromatic N) is 2. The fraction of sp³-hybridized carbons (Fsp3) is 0.136. The second-order valence-corrected chi connectivity index (χ2v) is 6.33. The summed E-state index contributed by atoms with van der Waals surface area (Å²) in [6.07, 6.45) is 3.48. The molecule has 3 aromatic rings. The highest BCUT2D eigenvalue weighted by Crippen LogP contribution is 2.37. The summed E-state index contributed by atoms with van der Waals surface area (Å²) in [6, 6.07) is 16.3. The van der Waals surface area contributed by atoms with Gasteiger partial charge in [-0.25, -0.2) is 9.78 Å². The Labute approximate surface area is 156 Å². The standard InChI is InChI=1S/C22H16N2O3/c23-11-12-27-22(26)20-17-3-1-2-4-19(17)24-21-15(7-10-18(20)21)13-14-5-8-16(25)9-6-14/h1-6,8-9,13,25H,7,10,12H2/b15-13-. The Morgan fingerprint density at radius 2 is 1.96 bits per heavy atom. The van der Waals surface area contributed by atoms with Crippen LogP contribution in [0.5, 0.6) is 5.75 Å². The van der Waals surface area contributed by atoms with Crippen molar-refractivity contribution in [3.63, 3.8) is 0 Å². The van der Waals surface area contributed by atoms with Gasteiger partial charge in [0, 0.05) is 5.39 Å². The van der Waals surface area contributed by atoms with Crippen LogP contribution < -0.4 is 0 Å². The van der Waals surface area contributed by atoms with Crippen molar-refractivity contribution < 1.29 is 14.6 Å². The fourth-order valence-electron chi connectivity index (χ4n) is 3.45. The Kier molecular flexibility index (Phi) is 4.31. The van der Waals surface area contributed by atoms with E-state index in [9.17, 15) is 9.90 Å². The van der Waals surface area contributed by atoms with Crippen LogP contribution in [0, 0.1) is 11.3 Å². The number of carbonyl (C=O) groups excluding carboxylic acids is 1. The molecular formula is C22H16N2O3. The number of aromatic nitrogens is 1. The fourth-order valence-corrected chi connectivity index (χ4v) is 3.45. The predicted octanol–water partition coefficient (Wildman–Crippen LogP) is 4.11. The molecule has 0 fully saturated rings. The number of nitriles is 1. The third-order valence-corrected chi connectivity index (χ3v) is 4.65. The minimum Gasteiger partial charge on any atom is -0.508 e. The van der Waals surface area contributed by atoms with Gasteiger partial charge in [0.15, 0.2) is 6.61 Å². The highest BCUT2D eigenvalue weighted by molar-refractivity contribution is 6.07. The first-order valence-electron chi connectivity index (χ1n) is 8.63. The van der Waals surface area contributed by atoms with Crippen molar-refractivity contribution in [3.05, 3.63) is 70.9 Å².